The number of hydrogen-bond acceptors (Lipinski definition) is 2. The second-order valence-electron chi connectivity index (χ2n) is 4.99. The Hall–Kier alpha value is -1.70. The van der Waals surface area contributed by atoms with E-state index in [1.807, 2.05) is 18.2 Å². The van der Waals surface area contributed by atoms with Crippen LogP contribution in [0.25, 0.3) is 0 Å². The van der Waals surface area contributed by atoms with Crippen molar-refractivity contribution in [3.05, 3.63) is 53.8 Å². The highest BCUT2D eigenvalue weighted by Gasteiger charge is 2.26. The molecule has 0 amide bonds. The summed E-state index contributed by atoms with van der Waals surface area (Å²) in [5.41, 5.74) is 1.24. The molecule has 0 saturated heterocycles. The van der Waals surface area contributed by atoms with Crippen LogP contribution >= 0.6 is 0 Å². The molecular formula is C16H20O2. The van der Waals surface area contributed by atoms with Crippen LogP contribution in [0.4, 0.5) is 0 Å². The Morgan fingerprint density at radius 3 is 2.39 bits per heavy atom. The van der Waals surface area contributed by atoms with Crippen LogP contribution in [0.3, 0.4) is 0 Å². The monoisotopic (exact) mass is 244 g/mol. The van der Waals surface area contributed by atoms with Crippen molar-refractivity contribution in [3.8, 4) is 5.75 Å². The maximum absolute atomic E-state index is 9.50. The number of allylic oxidation sites excluding steroid dienone is 3. The van der Waals surface area contributed by atoms with Crippen molar-refractivity contribution in [1.82, 2.24) is 0 Å². The second-order valence-corrected chi connectivity index (χ2v) is 4.99. The lowest BCUT2D eigenvalue weighted by Gasteiger charge is -2.30. The number of aliphatic hydroxyl groups excluding tert-OH is 1. The first-order chi connectivity index (χ1) is 8.61. The Bertz CT molecular complexity index is 456. The number of hydrogen-bond donors (Lipinski definition) is 2. The van der Waals surface area contributed by atoms with Crippen molar-refractivity contribution in [2.24, 2.45) is 11.8 Å². The van der Waals surface area contributed by atoms with Gasteiger partial charge in [-0.2, -0.15) is 0 Å². The second kappa shape index (κ2) is 5.30. The van der Waals surface area contributed by atoms with Crippen molar-refractivity contribution in [2.45, 2.75) is 26.2 Å². The van der Waals surface area contributed by atoms with Gasteiger partial charge >= 0.3 is 0 Å². The van der Waals surface area contributed by atoms with Crippen LogP contribution in [0.2, 0.25) is 0 Å². The SMILES string of the molecule is CCC(c1ccc(O)cc1)C1C=CC(O)=CC1C. The molecule has 0 bridgehead atoms. The van der Waals surface area contributed by atoms with Gasteiger partial charge in [-0.25, -0.2) is 0 Å². The largest absolute Gasteiger partial charge is 0.508 e. The van der Waals surface area contributed by atoms with Crippen molar-refractivity contribution in [1.29, 1.82) is 0 Å². The third-order valence-corrected chi connectivity index (χ3v) is 3.76. The fourth-order valence-electron chi connectivity index (χ4n) is 2.77. The van der Waals surface area contributed by atoms with Gasteiger partial charge in [0.15, 0.2) is 0 Å². The quantitative estimate of drug-likeness (QED) is 0.838. The van der Waals surface area contributed by atoms with E-state index in [9.17, 15) is 10.2 Å². The fraction of sp³-hybridized carbons (Fsp3) is 0.375. The topological polar surface area (TPSA) is 40.5 Å². The third kappa shape index (κ3) is 2.58. The summed E-state index contributed by atoms with van der Waals surface area (Å²) in [5, 5.41) is 18.9. The summed E-state index contributed by atoms with van der Waals surface area (Å²) in [6, 6.07) is 7.45. The predicted octanol–water partition coefficient (Wildman–Crippen LogP) is 4.15. The number of rotatable bonds is 3. The predicted molar refractivity (Wildman–Crippen MR) is 73.6 cm³/mol. The van der Waals surface area contributed by atoms with Gasteiger partial charge in [-0.3, -0.25) is 0 Å². The lowest BCUT2D eigenvalue weighted by Crippen LogP contribution is -2.19. The normalized spacial score (nSPS) is 24.7. The van der Waals surface area contributed by atoms with E-state index in [0.717, 1.165) is 6.42 Å². The van der Waals surface area contributed by atoms with Gasteiger partial charge < -0.3 is 10.2 Å². The number of aliphatic hydroxyl groups is 1. The first kappa shape index (κ1) is 12.7. The summed E-state index contributed by atoms with van der Waals surface area (Å²) < 4.78 is 0. The van der Waals surface area contributed by atoms with Gasteiger partial charge in [0.2, 0.25) is 0 Å². The smallest absolute Gasteiger partial charge is 0.115 e. The molecule has 0 spiro atoms. The van der Waals surface area contributed by atoms with Gasteiger partial charge in [0.05, 0.1) is 0 Å². The molecule has 3 unspecified atom stereocenters. The van der Waals surface area contributed by atoms with E-state index in [1.54, 1.807) is 18.2 Å². The lowest BCUT2D eigenvalue weighted by atomic mass is 9.75. The average Bonchev–Trinajstić information content (AvgIpc) is 2.35. The molecule has 0 aromatic heterocycles. The zero-order valence-electron chi connectivity index (χ0n) is 10.9. The Labute approximate surface area is 108 Å². The van der Waals surface area contributed by atoms with Crippen molar-refractivity contribution in [2.75, 3.05) is 0 Å². The van der Waals surface area contributed by atoms with Crippen molar-refractivity contribution in [3.63, 3.8) is 0 Å². The number of aromatic hydroxyl groups is 1. The van der Waals surface area contributed by atoms with Gasteiger partial charge in [0.25, 0.3) is 0 Å². The van der Waals surface area contributed by atoms with Crippen molar-refractivity contribution < 1.29 is 10.2 Å². The molecular weight excluding hydrogens is 224 g/mol. The lowest BCUT2D eigenvalue weighted by molar-refractivity contribution is 0.367. The van der Waals surface area contributed by atoms with E-state index < -0.39 is 0 Å². The molecule has 1 aliphatic carbocycles. The zero-order chi connectivity index (χ0) is 13.1. The van der Waals surface area contributed by atoms with Crippen LogP contribution in [0, 0.1) is 11.8 Å². The molecule has 96 valence electrons. The van der Waals surface area contributed by atoms with Crippen molar-refractivity contribution >= 4 is 0 Å². The molecule has 18 heavy (non-hydrogen) atoms. The van der Waals surface area contributed by atoms with Crippen LogP contribution < -0.4 is 0 Å². The minimum absolute atomic E-state index is 0.304. The zero-order valence-corrected chi connectivity index (χ0v) is 10.9. The maximum atomic E-state index is 9.50. The third-order valence-electron chi connectivity index (χ3n) is 3.76. The molecule has 0 heterocycles. The number of phenolic OH excluding ortho intramolecular Hbond substituents is 1. The van der Waals surface area contributed by atoms with Crippen LogP contribution in [-0.4, -0.2) is 10.2 Å². The summed E-state index contributed by atoms with van der Waals surface area (Å²) in [6.45, 7) is 4.31. The number of benzene rings is 1. The van der Waals surface area contributed by atoms with E-state index in [0.29, 0.717) is 29.3 Å². The Kier molecular flexibility index (Phi) is 3.75. The van der Waals surface area contributed by atoms with E-state index in [2.05, 4.69) is 19.9 Å². The van der Waals surface area contributed by atoms with E-state index >= 15 is 0 Å². The molecule has 1 aromatic carbocycles. The first-order valence-electron chi connectivity index (χ1n) is 6.49. The highest BCUT2D eigenvalue weighted by atomic mass is 16.3. The van der Waals surface area contributed by atoms with Crippen LogP contribution in [0.15, 0.2) is 48.3 Å². The summed E-state index contributed by atoms with van der Waals surface area (Å²) in [5.74, 6) is 1.81. The molecule has 0 saturated carbocycles. The van der Waals surface area contributed by atoms with Gasteiger partial charge in [-0.05, 0) is 54.0 Å². The van der Waals surface area contributed by atoms with Gasteiger partial charge in [-0.15, -0.1) is 0 Å². The summed E-state index contributed by atoms with van der Waals surface area (Å²) in [7, 11) is 0. The maximum Gasteiger partial charge on any atom is 0.115 e. The molecule has 2 nitrogen and oxygen atoms in total. The van der Waals surface area contributed by atoms with E-state index in [4.69, 9.17) is 0 Å². The van der Waals surface area contributed by atoms with Crippen LogP contribution in [0.5, 0.6) is 5.75 Å². The minimum Gasteiger partial charge on any atom is -0.508 e. The first-order valence-corrected chi connectivity index (χ1v) is 6.49. The van der Waals surface area contributed by atoms with E-state index in [-0.39, 0.29) is 0 Å². The molecule has 2 N–H and O–H groups in total. The summed E-state index contributed by atoms with van der Waals surface area (Å²) in [4.78, 5) is 0. The molecule has 1 aromatic rings. The van der Waals surface area contributed by atoms with Crippen LogP contribution in [-0.2, 0) is 0 Å². The molecule has 0 radical (unpaired) electrons. The molecule has 1 aliphatic rings. The highest BCUT2D eigenvalue weighted by Crippen LogP contribution is 2.37. The van der Waals surface area contributed by atoms with Gasteiger partial charge in [-0.1, -0.05) is 32.1 Å². The van der Waals surface area contributed by atoms with Gasteiger partial charge in [0.1, 0.15) is 11.5 Å². The Balaban J connectivity index is 2.24. The molecule has 0 aliphatic heterocycles. The molecule has 2 heteroatoms. The molecule has 0 fully saturated rings. The summed E-state index contributed by atoms with van der Waals surface area (Å²) in [6.07, 6.45) is 6.83. The van der Waals surface area contributed by atoms with E-state index in [1.165, 1.54) is 5.56 Å². The summed E-state index contributed by atoms with van der Waals surface area (Å²) >= 11 is 0. The standard InChI is InChI=1S/C16H20O2/c1-3-15(12-4-6-13(17)7-5-12)16-9-8-14(18)10-11(16)2/h4-11,15-18H,3H2,1-2H3. The Morgan fingerprint density at radius 2 is 1.83 bits per heavy atom. The number of phenols is 1. The molecule has 2 rings (SSSR count). The molecule has 3 atom stereocenters. The minimum atomic E-state index is 0.304. The fourth-order valence-corrected chi connectivity index (χ4v) is 2.77. The van der Waals surface area contributed by atoms with Crippen LogP contribution in [0.1, 0.15) is 31.7 Å². The van der Waals surface area contributed by atoms with Gasteiger partial charge in [0, 0.05) is 0 Å². The highest BCUT2D eigenvalue weighted by molar-refractivity contribution is 5.31. The average molecular weight is 244 g/mol. The Morgan fingerprint density at radius 1 is 1.17 bits per heavy atom.